The second-order valence-corrected chi connectivity index (χ2v) is 7.00. The highest BCUT2D eigenvalue weighted by molar-refractivity contribution is 5.79. The molecule has 0 spiro atoms. The second-order valence-electron chi connectivity index (χ2n) is 7.00. The lowest BCUT2D eigenvalue weighted by Gasteiger charge is -2.31. The zero-order valence-corrected chi connectivity index (χ0v) is 13.0. The third kappa shape index (κ3) is 3.14. The summed E-state index contributed by atoms with van der Waals surface area (Å²) in [6.07, 6.45) is 3.17. The first-order valence-electron chi connectivity index (χ1n) is 7.47. The Morgan fingerprint density at radius 1 is 1.40 bits per heavy atom. The first kappa shape index (κ1) is 14.9. The third-order valence-corrected chi connectivity index (χ3v) is 4.49. The molecule has 0 fully saturated rings. The van der Waals surface area contributed by atoms with Gasteiger partial charge in [-0.05, 0) is 47.9 Å². The number of carbonyl (C=O) groups is 1. The van der Waals surface area contributed by atoms with Gasteiger partial charge in [-0.2, -0.15) is 0 Å². The summed E-state index contributed by atoms with van der Waals surface area (Å²) >= 11 is 0. The summed E-state index contributed by atoms with van der Waals surface area (Å²) in [6, 6.07) is 6.17. The van der Waals surface area contributed by atoms with Gasteiger partial charge in [0, 0.05) is 11.6 Å². The zero-order valence-electron chi connectivity index (χ0n) is 13.0. The maximum atomic E-state index is 12.4. The number of rotatable bonds is 2. The van der Waals surface area contributed by atoms with Gasteiger partial charge in [0.25, 0.3) is 0 Å². The number of aryl methyl sites for hydroxylation is 1. The number of benzene rings is 1. The number of fused-ring (bicyclic) bond motifs is 1. The molecule has 0 bridgehead atoms. The van der Waals surface area contributed by atoms with Crippen LogP contribution in [-0.4, -0.2) is 5.91 Å². The molecule has 3 nitrogen and oxygen atoms in total. The van der Waals surface area contributed by atoms with Gasteiger partial charge in [-0.3, -0.25) is 4.79 Å². The van der Waals surface area contributed by atoms with Gasteiger partial charge in [0.15, 0.2) is 0 Å². The van der Waals surface area contributed by atoms with E-state index in [4.69, 9.17) is 5.73 Å². The molecule has 1 aliphatic carbocycles. The number of nitrogen functional groups attached to an aromatic ring is 1. The van der Waals surface area contributed by atoms with Crippen LogP contribution in [0.25, 0.3) is 0 Å². The maximum absolute atomic E-state index is 12.4. The quantitative estimate of drug-likeness (QED) is 0.812. The molecule has 1 amide bonds. The molecule has 2 rings (SSSR count). The van der Waals surface area contributed by atoms with E-state index >= 15 is 0 Å². The number of amides is 1. The number of carbonyl (C=O) groups excluding carboxylic acids is 1. The Labute approximate surface area is 121 Å². The molecule has 3 heteroatoms. The maximum Gasteiger partial charge on any atom is 0.223 e. The summed E-state index contributed by atoms with van der Waals surface area (Å²) in [7, 11) is 0. The summed E-state index contributed by atoms with van der Waals surface area (Å²) in [5.41, 5.74) is 9.16. The third-order valence-electron chi connectivity index (χ3n) is 4.49. The van der Waals surface area contributed by atoms with E-state index in [-0.39, 0.29) is 23.3 Å². The minimum Gasteiger partial charge on any atom is -0.399 e. The lowest BCUT2D eigenvalue weighted by molar-refractivity contribution is -0.128. The number of hydrogen-bond donors (Lipinski definition) is 2. The monoisotopic (exact) mass is 274 g/mol. The molecular weight excluding hydrogens is 248 g/mol. The average molecular weight is 274 g/mol. The van der Waals surface area contributed by atoms with Crippen molar-refractivity contribution in [2.45, 2.75) is 53.0 Å². The predicted octanol–water partition coefficient (Wildman–Crippen LogP) is 3.44. The highest BCUT2D eigenvalue weighted by atomic mass is 16.1. The van der Waals surface area contributed by atoms with Gasteiger partial charge < -0.3 is 11.1 Å². The summed E-state index contributed by atoms with van der Waals surface area (Å²) in [5, 5.41) is 3.22. The molecule has 0 saturated heterocycles. The van der Waals surface area contributed by atoms with Crippen LogP contribution >= 0.6 is 0 Å². The Bertz CT molecular complexity index is 502. The highest BCUT2D eigenvalue weighted by Gasteiger charge is 2.29. The molecule has 2 unspecified atom stereocenters. The molecule has 2 atom stereocenters. The van der Waals surface area contributed by atoms with Crippen molar-refractivity contribution in [1.82, 2.24) is 5.32 Å². The zero-order chi connectivity index (χ0) is 14.9. The second kappa shape index (κ2) is 5.47. The topological polar surface area (TPSA) is 55.1 Å². The van der Waals surface area contributed by atoms with E-state index in [1.54, 1.807) is 0 Å². The Kier molecular flexibility index (Phi) is 4.07. The van der Waals surface area contributed by atoms with Crippen molar-refractivity contribution in [2.75, 3.05) is 5.73 Å². The molecule has 20 heavy (non-hydrogen) atoms. The molecule has 0 aliphatic heterocycles. The molecule has 1 aromatic carbocycles. The van der Waals surface area contributed by atoms with E-state index in [0.717, 1.165) is 24.9 Å². The number of hydrogen-bond acceptors (Lipinski definition) is 2. The van der Waals surface area contributed by atoms with Crippen LogP contribution in [0.5, 0.6) is 0 Å². The van der Waals surface area contributed by atoms with Crippen molar-refractivity contribution in [3.63, 3.8) is 0 Å². The minimum atomic E-state index is -0.0112. The molecule has 0 radical (unpaired) electrons. The number of nitrogens with two attached hydrogens (primary N) is 1. The van der Waals surface area contributed by atoms with Crippen molar-refractivity contribution in [3.8, 4) is 0 Å². The number of nitrogens with one attached hydrogen (secondary N) is 1. The van der Waals surface area contributed by atoms with Gasteiger partial charge in [0.1, 0.15) is 0 Å². The summed E-state index contributed by atoms with van der Waals surface area (Å²) in [6.45, 7) is 8.31. The summed E-state index contributed by atoms with van der Waals surface area (Å²) < 4.78 is 0. The van der Waals surface area contributed by atoms with Crippen molar-refractivity contribution in [2.24, 2.45) is 11.3 Å². The van der Waals surface area contributed by atoms with Crippen LogP contribution in [0.4, 0.5) is 5.69 Å². The molecule has 0 heterocycles. The van der Waals surface area contributed by atoms with Crippen LogP contribution in [0.3, 0.4) is 0 Å². The SMILES string of the molecule is CC(C(=O)NC1CCCc2cc(N)ccc21)C(C)(C)C. The van der Waals surface area contributed by atoms with Crippen molar-refractivity contribution >= 4 is 11.6 Å². The van der Waals surface area contributed by atoms with Crippen molar-refractivity contribution in [1.29, 1.82) is 0 Å². The minimum absolute atomic E-state index is 0.00154. The molecule has 3 N–H and O–H groups in total. The number of anilines is 1. The Morgan fingerprint density at radius 3 is 2.75 bits per heavy atom. The van der Waals surface area contributed by atoms with Crippen LogP contribution in [0.15, 0.2) is 18.2 Å². The predicted molar refractivity (Wildman–Crippen MR) is 83.3 cm³/mol. The Hall–Kier alpha value is -1.51. The first-order valence-corrected chi connectivity index (χ1v) is 7.47. The molecule has 1 aliphatic rings. The van der Waals surface area contributed by atoms with E-state index in [1.807, 2.05) is 19.1 Å². The first-order chi connectivity index (χ1) is 9.29. The van der Waals surface area contributed by atoms with E-state index in [0.29, 0.717) is 0 Å². The summed E-state index contributed by atoms with van der Waals surface area (Å²) in [4.78, 5) is 12.4. The fourth-order valence-electron chi connectivity index (χ4n) is 2.67. The molecule has 0 saturated carbocycles. The van der Waals surface area contributed by atoms with E-state index in [9.17, 15) is 4.79 Å². The van der Waals surface area contributed by atoms with Crippen molar-refractivity contribution in [3.05, 3.63) is 29.3 Å². The largest absolute Gasteiger partial charge is 0.399 e. The van der Waals surface area contributed by atoms with Crippen LogP contribution in [0.1, 0.15) is 57.7 Å². The lowest BCUT2D eigenvalue weighted by atomic mass is 9.80. The highest BCUT2D eigenvalue weighted by Crippen LogP contribution is 2.32. The fraction of sp³-hybridized carbons (Fsp3) is 0.588. The van der Waals surface area contributed by atoms with Gasteiger partial charge in [0.2, 0.25) is 5.91 Å². The fourth-order valence-corrected chi connectivity index (χ4v) is 2.67. The van der Waals surface area contributed by atoms with Crippen LogP contribution in [0, 0.1) is 11.3 Å². The van der Waals surface area contributed by atoms with Crippen LogP contribution < -0.4 is 11.1 Å². The molecule has 0 aromatic heterocycles. The van der Waals surface area contributed by atoms with Gasteiger partial charge in [-0.15, -0.1) is 0 Å². The normalized spacial score (nSPS) is 20.1. The summed E-state index contributed by atoms with van der Waals surface area (Å²) in [5.74, 6) is 0.147. The Balaban J connectivity index is 2.15. The van der Waals surface area contributed by atoms with E-state index in [1.165, 1.54) is 11.1 Å². The van der Waals surface area contributed by atoms with Gasteiger partial charge in [0.05, 0.1) is 6.04 Å². The molecule has 110 valence electrons. The smallest absolute Gasteiger partial charge is 0.223 e. The standard InChI is InChI=1S/C17H26N2O/c1-11(17(2,3)4)16(20)19-15-7-5-6-12-10-13(18)8-9-14(12)15/h8-11,15H,5-7,18H2,1-4H3,(H,19,20). The van der Waals surface area contributed by atoms with Crippen LogP contribution in [0.2, 0.25) is 0 Å². The molecular formula is C17H26N2O. The van der Waals surface area contributed by atoms with Gasteiger partial charge in [-0.25, -0.2) is 0 Å². The van der Waals surface area contributed by atoms with Gasteiger partial charge >= 0.3 is 0 Å². The van der Waals surface area contributed by atoms with Gasteiger partial charge in [-0.1, -0.05) is 33.8 Å². The average Bonchev–Trinajstić information content (AvgIpc) is 2.36. The lowest BCUT2D eigenvalue weighted by Crippen LogP contribution is -2.39. The van der Waals surface area contributed by atoms with Crippen molar-refractivity contribution < 1.29 is 4.79 Å². The van der Waals surface area contributed by atoms with E-state index in [2.05, 4.69) is 32.2 Å². The Morgan fingerprint density at radius 2 is 2.10 bits per heavy atom. The molecule has 1 aromatic rings. The van der Waals surface area contributed by atoms with Crippen LogP contribution in [-0.2, 0) is 11.2 Å². The van der Waals surface area contributed by atoms with E-state index < -0.39 is 0 Å².